The third-order valence-electron chi connectivity index (χ3n) is 4.10. The first-order chi connectivity index (χ1) is 11.9. The number of carbonyl (C=O) groups is 1. The van der Waals surface area contributed by atoms with Gasteiger partial charge < -0.3 is 4.74 Å². The summed E-state index contributed by atoms with van der Waals surface area (Å²) in [5, 5.41) is 0. The van der Waals surface area contributed by atoms with E-state index in [0.717, 1.165) is 17.7 Å². The second-order valence-electron chi connectivity index (χ2n) is 5.89. The quantitative estimate of drug-likeness (QED) is 0.532. The molecule has 0 spiro atoms. The van der Waals surface area contributed by atoms with Crippen LogP contribution >= 0.6 is 0 Å². The van der Waals surface area contributed by atoms with Gasteiger partial charge in [0.25, 0.3) is 10.0 Å². The van der Waals surface area contributed by atoms with E-state index in [-0.39, 0.29) is 10.9 Å². The van der Waals surface area contributed by atoms with Crippen molar-refractivity contribution in [2.45, 2.75) is 50.8 Å². The number of hydrogen-bond acceptors (Lipinski definition) is 5. The molecule has 1 aromatic carbocycles. The van der Waals surface area contributed by atoms with Crippen molar-refractivity contribution in [3.8, 4) is 0 Å². The molecule has 25 heavy (non-hydrogen) atoms. The van der Waals surface area contributed by atoms with Gasteiger partial charge in [0.2, 0.25) is 0 Å². The highest BCUT2D eigenvalue weighted by Crippen LogP contribution is 2.20. The summed E-state index contributed by atoms with van der Waals surface area (Å²) in [6, 6.07) is 6.78. The van der Waals surface area contributed by atoms with Gasteiger partial charge in [-0.25, -0.2) is 17.4 Å². The second-order valence-corrected chi connectivity index (χ2v) is 7.70. The first kappa shape index (κ1) is 19.2. The van der Waals surface area contributed by atoms with Crippen molar-refractivity contribution in [2.24, 2.45) is 0 Å². The molecule has 0 unspecified atom stereocenters. The maximum absolute atomic E-state index is 12.9. The SMILES string of the molecule is CCc1c(CCCCC(=O)OC)ncn1S(=O)(=O)c1ccc(C)cc1. The molecule has 0 aliphatic rings. The predicted molar refractivity (Wildman–Crippen MR) is 94.9 cm³/mol. The van der Waals surface area contributed by atoms with Gasteiger partial charge in [0.05, 0.1) is 23.4 Å². The van der Waals surface area contributed by atoms with Crippen LogP contribution in [0.25, 0.3) is 0 Å². The zero-order valence-electron chi connectivity index (χ0n) is 14.9. The van der Waals surface area contributed by atoms with Crippen molar-refractivity contribution in [3.63, 3.8) is 0 Å². The summed E-state index contributed by atoms with van der Waals surface area (Å²) in [4.78, 5) is 15.7. The van der Waals surface area contributed by atoms with E-state index < -0.39 is 10.0 Å². The zero-order valence-corrected chi connectivity index (χ0v) is 15.7. The minimum atomic E-state index is -3.65. The van der Waals surface area contributed by atoms with Gasteiger partial charge >= 0.3 is 5.97 Å². The van der Waals surface area contributed by atoms with Crippen LogP contribution in [0.2, 0.25) is 0 Å². The third kappa shape index (κ3) is 4.48. The lowest BCUT2D eigenvalue weighted by Gasteiger charge is -2.10. The van der Waals surface area contributed by atoms with E-state index in [1.807, 2.05) is 13.8 Å². The molecule has 0 saturated heterocycles. The van der Waals surface area contributed by atoms with Crippen molar-refractivity contribution in [1.29, 1.82) is 0 Å². The van der Waals surface area contributed by atoms with E-state index in [4.69, 9.17) is 0 Å². The minimum Gasteiger partial charge on any atom is -0.469 e. The number of carbonyl (C=O) groups excluding carboxylic acids is 1. The Balaban J connectivity index is 2.18. The Labute approximate surface area is 148 Å². The molecule has 0 amide bonds. The van der Waals surface area contributed by atoms with Gasteiger partial charge in [0.15, 0.2) is 0 Å². The Kier molecular flexibility index (Phi) is 6.36. The number of hydrogen-bond donors (Lipinski definition) is 0. The van der Waals surface area contributed by atoms with Crippen LogP contribution in [0.1, 0.15) is 43.1 Å². The molecule has 2 aromatic rings. The number of imidazole rings is 1. The molecule has 0 radical (unpaired) electrons. The lowest BCUT2D eigenvalue weighted by Crippen LogP contribution is -2.15. The highest BCUT2D eigenvalue weighted by Gasteiger charge is 2.22. The molecule has 0 saturated carbocycles. The van der Waals surface area contributed by atoms with Gasteiger partial charge in [0.1, 0.15) is 6.33 Å². The topological polar surface area (TPSA) is 78.3 Å². The number of unbranched alkanes of at least 4 members (excludes halogenated alkanes) is 1. The van der Waals surface area contributed by atoms with Crippen LogP contribution in [0.5, 0.6) is 0 Å². The zero-order chi connectivity index (χ0) is 18.4. The maximum atomic E-state index is 12.9. The number of aromatic nitrogens is 2. The van der Waals surface area contributed by atoms with Gasteiger partial charge in [-0.1, -0.05) is 24.6 Å². The molecular formula is C18H24N2O4S. The number of esters is 1. The van der Waals surface area contributed by atoms with Crippen molar-refractivity contribution in [1.82, 2.24) is 8.96 Å². The van der Waals surface area contributed by atoms with E-state index in [1.54, 1.807) is 24.3 Å². The molecule has 2 rings (SSSR count). The second kappa shape index (κ2) is 8.29. The molecule has 7 heteroatoms. The first-order valence-electron chi connectivity index (χ1n) is 8.34. The molecule has 0 aliphatic heterocycles. The summed E-state index contributed by atoms with van der Waals surface area (Å²) >= 11 is 0. The van der Waals surface area contributed by atoms with Crippen LogP contribution in [-0.2, 0) is 32.4 Å². The molecule has 0 fully saturated rings. The number of ether oxygens (including phenoxy) is 1. The third-order valence-corrected chi connectivity index (χ3v) is 5.80. The molecule has 0 N–H and O–H groups in total. The van der Waals surface area contributed by atoms with E-state index in [1.165, 1.54) is 17.4 Å². The fourth-order valence-corrected chi connectivity index (χ4v) is 4.06. The Morgan fingerprint density at radius 1 is 1.20 bits per heavy atom. The summed E-state index contributed by atoms with van der Waals surface area (Å²) in [6.45, 7) is 3.83. The Morgan fingerprint density at radius 3 is 2.48 bits per heavy atom. The Bertz CT molecular complexity index is 823. The molecule has 0 bridgehead atoms. The summed E-state index contributed by atoms with van der Waals surface area (Å²) in [5.74, 6) is -0.233. The number of benzene rings is 1. The maximum Gasteiger partial charge on any atom is 0.305 e. The average molecular weight is 364 g/mol. The largest absolute Gasteiger partial charge is 0.469 e. The van der Waals surface area contributed by atoms with Gasteiger partial charge in [-0.2, -0.15) is 0 Å². The summed E-state index contributed by atoms with van der Waals surface area (Å²) in [6.07, 6.45) is 4.38. The van der Waals surface area contributed by atoms with Crippen molar-refractivity contribution >= 4 is 16.0 Å². The molecule has 1 heterocycles. The number of rotatable bonds is 8. The van der Waals surface area contributed by atoms with Crippen LogP contribution in [0, 0.1) is 6.92 Å². The van der Waals surface area contributed by atoms with Gasteiger partial charge in [-0.3, -0.25) is 4.79 Å². The summed E-state index contributed by atoms with van der Waals surface area (Å²) in [5.41, 5.74) is 2.47. The number of aryl methyl sites for hydroxylation is 2. The van der Waals surface area contributed by atoms with Crippen LogP contribution in [0.4, 0.5) is 0 Å². The van der Waals surface area contributed by atoms with E-state index in [0.29, 0.717) is 31.4 Å². The lowest BCUT2D eigenvalue weighted by atomic mass is 10.1. The van der Waals surface area contributed by atoms with E-state index >= 15 is 0 Å². The molecular weight excluding hydrogens is 340 g/mol. The smallest absolute Gasteiger partial charge is 0.305 e. The predicted octanol–water partition coefficient (Wildman–Crippen LogP) is 2.88. The minimum absolute atomic E-state index is 0.233. The summed E-state index contributed by atoms with van der Waals surface area (Å²) < 4.78 is 31.6. The highest BCUT2D eigenvalue weighted by molar-refractivity contribution is 7.90. The first-order valence-corrected chi connectivity index (χ1v) is 9.78. The Morgan fingerprint density at radius 2 is 1.88 bits per heavy atom. The van der Waals surface area contributed by atoms with E-state index in [9.17, 15) is 13.2 Å². The number of methoxy groups -OCH3 is 1. The van der Waals surface area contributed by atoms with Gasteiger partial charge in [-0.05, 0) is 44.7 Å². The van der Waals surface area contributed by atoms with Crippen LogP contribution < -0.4 is 0 Å². The Hall–Kier alpha value is -2.15. The van der Waals surface area contributed by atoms with Crippen LogP contribution in [0.3, 0.4) is 0 Å². The molecule has 0 atom stereocenters. The van der Waals surface area contributed by atoms with Gasteiger partial charge in [-0.15, -0.1) is 0 Å². The standard InChI is InChI=1S/C18H24N2O4S/c1-4-17-16(7-5-6-8-18(21)24-3)19-13-20(17)25(22,23)15-11-9-14(2)10-12-15/h9-13H,4-8H2,1-3H3. The lowest BCUT2D eigenvalue weighted by molar-refractivity contribution is -0.140. The summed E-state index contributed by atoms with van der Waals surface area (Å²) in [7, 11) is -2.28. The fourth-order valence-electron chi connectivity index (χ4n) is 2.66. The van der Waals surface area contributed by atoms with Crippen LogP contribution in [0.15, 0.2) is 35.5 Å². The van der Waals surface area contributed by atoms with Crippen LogP contribution in [-0.4, -0.2) is 30.5 Å². The average Bonchev–Trinajstić information content (AvgIpc) is 3.02. The molecule has 1 aromatic heterocycles. The van der Waals surface area contributed by atoms with Crippen molar-refractivity contribution in [3.05, 3.63) is 47.5 Å². The number of nitrogens with zero attached hydrogens (tertiary/aromatic N) is 2. The monoisotopic (exact) mass is 364 g/mol. The molecule has 136 valence electrons. The normalized spacial score (nSPS) is 11.5. The van der Waals surface area contributed by atoms with Gasteiger partial charge in [0, 0.05) is 6.42 Å². The highest BCUT2D eigenvalue weighted by atomic mass is 32.2. The van der Waals surface area contributed by atoms with Crippen molar-refractivity contribution < 1.29 is 17.9 Å². The molecule has 6 nitrogen and oxygen atoms in total. The van der Waals surface area contributed by atoms with Crippen molar-refractivity contribution in [2.75, 3.05) is 7.11 Å². The van der Waals surface area contributed by atoms with E-state index in [2.05, 4.69) is 9.72 Å². The molecule has 0 aliphatic carbocycles. The fraction of sp³-hybridized carbons (Fsp3) is 0.444.